The van der Waals surface area contributed by atoms with E-state index < -0.39 is 18.8 Å². The van der Waals surface area contributed by atoms with Crippen LogP contribution in [0.2, 0.25) is 0 Å². The molecular weight excluding hydrogens is 577 g/mol. The maximum atomic E-state index is 13.5. The Kier molecular flexibility index (Phi) is 7.42. The van der Waals surface area contributed by atoms with Crippen molar-refractivity contribution in [1.29, 1.82) is 0 Å². The number of fused-ring (bicyclic) bond motifs is 3. The fraction of sp³-hybridized carbons (Fsp3) is 0.394. The molecule has 1 aliphatic heterocycles. The summed E-state index contributed by atoms with van der Waals surface area (Å²) in [6.07, 6.45) is 7.08. The molecule has 1 fully saturated rings. The Morgan fingerprint density at radius 1 is 1.22 bits per heavy atom. The number of benzene rings is 2. The molecule has 12 heteroatoms. The molecule has 2 amide bonds. The molecule has 0 bridgehead atoms. The SMILES string of the molecule is CC(Cn1ccnc1)Oc1cccc2cc(-c3nc4cc5c(cc4n3C)CCN(CC(CF)NC(=O)O)C5=O)n(CC3CC3)c12. The summed E-state index contributed by atoms with van der Waals surface area (Å²) in [7, 11) is 2.00. The van der Waals surface area contributed by atoms with Crippen LogP contribution in [0.25, 0.3) is 33.5 Å². The van der Waals surface area contributed by atoms with E-state index >= 15 is 0 Å². The smallest absolute Gasteiger partial charge is 0.405 e. The highest BCUT2D eigenvalue weighted by Crippen LogP contribution is 2.39. The van der Waals surface area contributed by atoms with Crippen LogP contribution in [0, 0.1) is 5.92 Å². The summed E-state index contributed by atoms with van der Waals surface area (Å²) in [5.74, 6) is 1.99. The summed E-state index contributed by atoms with van der Waals surface area (Å²) in [5.41, 5.74) is 5.08. The Labute approximate surface area is 259 Å². The Morgan fingerprint density at radius 2 is 2.07 bits per heavy atom. The number of aryl methyl sites for hydroxylation is 1. The van der Waals surface area contributed by atoms with Gasteiger partial charge in [0.1, 0.15) is 18.5 Å². The van der Waals surface area contributed by atoms with Crippen LogP contribution in [0.15, 0.2) is 55.1 Å². The van der Waals surface area contributed by atoms with E-state index in [1.165, 1.54) is 17.7 Å². The van der Waals surface area contributed by atoms with Gasteiger partial charge in [0.05, 0.1) is 41.2 Å². The third kappa shape index (κ3) is 5.60. The van der Waals surface area contributed by atoms with E-state index in [1.54, 1.807) is 12.5 Å². The number of aromatic nitrogens is 5. The third-order valence-corrected chi connectivity index (χ3v) is 8.83. The van der Waals surface area contributed by atoms with Gasteiger partial charge in [0, 0.05) is 50.0 Å². The van der Waals surface area contributed by atoms with Gasteiger partial charge in [0.15, 0.2) is 5.82 Å². The van der Waals surface area contributed by atoms with E-state index in [2.05, 4.69) is 38.5 Å². The zero-order chi connectivity index (χ0) is 31.2. The number of ether oxygens (including phenoxy) is 1. The van der Waals surface area contributed by atoms with Crippen molar-refractivity contribution in [3.63, 3.8) is 0 Å². The number of imidazole rings is 2. The second-order valence-corrected chi connectivity index (χ2v) is 12.3. The molecule has 1 saturated carbocycles. The molecule has 45 heavy (non-hydrogen) atoms. The minimum Gasteiger partial charge on any atom is -0.487 e. The molecule has 7 rings (SSSR count). The van der Waals surface area contributed by atoms with Gasteiger partial charge in [-0.25, -0.2) is 19.2 Å². The van der Waals surface area contributed by atoms with Crippen molar-refractivity contribution < 1.29 is 23.8 Å². The molecule has 0 radical (unpaired) electrons. The quantitative estimate of drug-likeness (QED) is 0.219. The standard InChI is InChI=1S/C33H36FN7O4/c1-20(16-39-11-9-35-19-39)45-29-5-3-4-23-13-28(41(30(23)29)17-21-6-7-21)31-37-26-14-25-22(12-27(26)38(31)2)8-10-40(32(25)42)18-24(15-34)36-33(43)44/h3-5,9,11-14,19-21,24,36H,6-8,10,15-18H2,1-2H3,(H,43,44). The number of carboxylic acid groups (broad SMARTS) is 1. The number of rotatable bonds is 11. The fourth-order valence-electron chi connectivity index (χ4n) is 6.46. The molecule has 3 aromatic heterocycles. The predicted octanol–water partition coefficient (Wildman–Crippen LogP) is 4.87. The first-order valence-electron chi connectivity index (χ1n) is 15.4. The van der Waals surface area contributed by atoms with Crippen molar-refractivity contribution in [3.8, 4) is 17.3 Å². The van der Waals surface area contributed by atoms with E-state index in [-0.39, 0.29) is 18.6 Å². The van der Waals surface area contributed by atoms with Gasteiger partial charge in [0.25, 0.3) is 5.91 Å². The van der Waals surface area contributed by atoms with Crippen molar-refractivity contribution in [2.45, 2.75) is 51.4 Å². The van der Waals surface area contributed by atoms with E-state index in [9.17, 15) is 14.0 Å². The maximum absolute atomic E-state index is 13.5. The Bertz CT molecular complexity index is 1890. The van der Waals surface area contributed by atoms with Crippen molar-refractivity contribution in [1.82, 2.24) is 33.9 Å². The predicted molar refractivity (Wildman–Crippen MR) is 167 cm³/mol. The zero-order valence-electron chi connectivity index (χ0n) is 25.3. The molecule has 2 atom stereocenters. The molecule has 2 unspecified atom stereocenters. The van der Waals surface area contributed by atoms with Crippen molar-refractivity contribution in [3.05, 3.63) is 66.2 Å². The molecule has 11 nitrogen and oxygen atoms in total. The molecule has 0 spiro atoms. The van der Waals surface area contributed by atoms with E-state index in [4.69, 9.17) is 14.8 Å². The fourth-order valence-corrected chi connectivity index (χ4v) is 6.46. The van der Waals surface area contributed by atoms with Crippen LogP contribution in [-0.2, 0) is 26.6 Å². The van der Waals surface area contributed by atoms with Crippen molar-refractivity contribution >= 4 is 33.9 Å². The van der Waals surface area contributed by atoms with Gasteiger partial charge in [0.2, 0.25) is 0 Å². The third-order valence-electron chi connectivity index (χ3n) is 8.83. The minimum atomic E-state index is -1.31. The minimum absolute atomic E-state index is 0.0286. The molecular formula is C33H36FN7O4. The topological polar surface area (TPSA) is 119 Å². The lowest BCUT2D eigenvalue weighted by atomic mass is 9.97. The summed E-state index contributed by atoms with van der Waals surface area (Å²) in [6, 6.07) is 11.2. The van der Waals surface area contributed by atoms with Gasteiger partial charge in [-0.1, -0.05) is 12.1 Å². The highest BCUT2D eigenvalue weighted by molar-refractivity contribution is 6.01. The van der Waals surface area contributed by atoms with Crippen LogP contribution in [0.1, 0.15) is 35.7 Å². The van der Waals surface area contributed by atoms with Crippen LogP contribution in [0.3, 0.4) is 0 Å². The average Bonchev–Trinajstić information content (AvgIpc) is 3.39. The van der Waals surface area contributed by atoms with Gasteiger partial charge >= 0.3 is 6.09 Å². The summed E-state index contributed by atoms with van der Waals surface area (Å²) < 4.78 is 26.4. The van der Waals surface area contributed by atoms with E-state index in [0.29, 0.717) is 36.5 Å². The van der Waals surface area contributed by atoms with E-state index in [0.717, 1.165) is 45.8 Å². The Hall–Kier alpha value is -4.87. The number of nitrogens with one attached hydrogen (secondary N) is 1. The highest BCUT2D eigenvalue weighted by Gasteiger charge is 2.30. The molecule has 5 aromatic rings. The largest absolute Gasteiger partial charge is 0.487 e. The number of carbonyl (C=O) groups excluding carboxylic acids is 1. The first-order valence-corrected chi connectivity index (χ1v) is 15.4. The number of carbonyl (C=O) groups is 2. The highest BCUT2D eigenvalue weighted by atomic mass is 19.1. The molecule has 2 aliphatic rings. The lowest BCUT2D eigenvalue weighted by Gasteiger charge is -2.31. The van der Waals surface area contributed by atoms with E-state index in [1.807, 2.05) is 42.1 Å². The van der Waals surface area contributed by atoms with Gasteiger partial charge < -0.3 is 33.8 Å². The monoisotopic (exact) mass is 613 g/mol. The van der Waals surface area contributed by atoms with Crippen LogP contribution in [0.4, 0.5) is 9.18 Å². The van der Waals surface area contributed by atoms with Crippen LogP contribution < -0.4 is 10.1 Å². The van der Waals surface area contributed by atoms with Crippen LogP contribution in [-0.4, -0.2) is 77.6 Å². The molecule has 1 aliphatic carbocycles. The van der Waals surface area contributed by atoms with Crippen LogP contribution >= 0.6 is 0 Å². The van der Waals surface area contributed by atoms with Crippen molar-refractivity contribution in [2.24, 2.45) is 13.0 Å². The first kappa shape index (κ1) is 28.9. The van der Waals surface area contributed by atoms with Crippen molar-refractivity contribution in [2.75, 3.05) is 19.8 Å². The first-order chi connectivity index (χ1) is 21.8. The number of nitrogens with zero attached hydrogens (tertiary/aromatic N) is 6. The molecule has 234 valence electrons. The number of hydrogen-bond donors (Lipinski definition) is 2. The van der Waals surface area contributed by atoms with Crippen LogP contribution in [0.5, 0.6) is 5.75 Å². The normalized spacial score (nSPS) is 16.2. The van der Waals surface area contributed by atoms with Gasteiger partial charge in [-0.3, -0.25) is 4.79 Å². The number of alkyl halides is 1. The lowest BCUT2D eigenvalue weighted by molar-refractivity contribution is 0.0714. The second-order valence-electron chi connectivity index (χ2n) is 12.3. The number of amides is 2. The lowest BCUT2D eigenvalue weighted by Crippen LogP contribution is -2.48. The Balaban J connectivity index is 1.25. The summed E-state index contributed by atoms with van der Waals surface area (Å²) >= 11 is 0. The molecule has 0 saturated heterocycles. The summed E-state index contributed by atoms with van der Waals surface area (Å²) in [4.78, 5) is 35.2. The summed E-state index contributed by atoms with van der Waals surface area (Å²) in [6.45, 7) is 3.07. The van der Waals surface area contributed by atoms with Gasteiger partial charge in [-0.2, -0.15) is 0 Å². The number of halogens is 1. The maximum Gasteiger partial charge on any atom is 0.405 e. The zero-order valence-corrected chi connectivity index (χ0v) is 25.3. The number of hydrogen-bond acceptors (Lipinski definition) is 5. The molecule has 2 aromatic carbocycles. The molecule has 4 heterocycles. The van der Waals surface area contributed by atoms with Gasteiger partial charge in [-0.15, -0.1) is 0 Å². The van der Waals surface area contributed by atoms with Gasteiger partial charge in [-0.05, 0) is 61.9 Å². The average molecular weight is 614 g/mol. The summed E-state index contributed by atoms with van der Waals surface area (Å²) in [5, 5.41) is 12.3. The Morgan fingerprint density at radius 3 is 2.80 bits per heavy atom. The molecule has 2 N–H and O–H groups in total. The number of para-hydroxylation sites is 1. The second kappa shape index (κ2) is 11.6.